The van der Waals surface area contributed by atoms with Crippen molar-refractivity contribution in [1.82, 2.24) is 0 Å². The van der Waals surface area contributed by atoms with Crippen LogP contribution >= 0.6 is 11.8 Å². The molecule has 2 aliphatic heterocycles. The topological polar surface area (TPSA) is 12.4 Å². The molecule has 0 saturated heterocycles. The van der Waals surface area contributed by atoms with Crippen LogP contribution in [0.15, 0.2) is 27.6 Å². The van der Waals surface area contributed by atoms with Crippen LogP contribution in [0.25, 0.3) is 0 Å². The van der Waals surface area contributed by atoms with Gasteiger partial charge >= 0.3 is 0 Å². The summed E-state index contributed by atoms with van der Waals surface area (Å²) >= 11 is 1.79. The van der Waals surface area contributed by atoms with E-state index in [0.717, 1.165) is 6.42 Å². The zero-order chi connectivity index (χ0) is 6.10. The van der Waals surface area contributed by atoms with Gasteiger partial charge in [-0.05, 0) is 11.8 Å². The molecule has 1 unspecified atom stereocenters. The summed E-state index contributed by atoms with van der Waals surface area (Å²) < 4.78 is 0. The first-order valence-electron chi connectivity index (χ1n) is 3.02. The number of thioether (sulfide) groups is 1. The second kappa shape index (κ2) is 2.03. The van der Waals surface area contributed by atoms with Crippen molar-refractivity contribution in [2.45, 2.75) is 6.42 Å². The molecule has 0 aromatic rings. The highest BCUT2D eigenvalue weighted by Gasteiger charge is 2.16. The first-order chi connectivity index (χ1) is 4.47. The van der Waals surface area contributed by atoms with E-state index in [2.05, 4.69) is 16.5 Å². The third-order valence-corrected chi connectivity index (χ3v) is 2.52. The molecule has 1 nitrogen and oxygen atoms in total. The molecule has 0 radical (unpaired) electrons. The summed E-state index contributed by atoms with van der Waals surface area (Å²) in [5.74, 6) is 0.660. The molecule has 0 N–H and O–H groups in total. The number of rotatable bonds is 0. The highest BCUT2D eigenvalue weighted by Crippen LogP contribution is 2.36. The summed E-state index contributed by atoms with van der Waals surface area (Å²) in [5, 5.41) is 2.14. The Morgan fingerprint density at radius 3 is 3.56 bits per heavy atom. The van der Waals surface area contributed by atoms with Crippen LogP contribution in [0.3, 0.4) is 0 Å². The predicted molar refractivity (Wildman–Crippen MR) is 41.4 cm³/mol. The SMILES string of the molecule is C1=CC2CC=NC=C2S1. The molecule has 2 heterocycles. The molecular formula is C7H7NS. The monoisotopic (exact) mass is 137 g/mol. The second-order valence-electron chi connectivity index (χ2n) is 2.15. The summed E-state index contributed by atoms with van der Waals surface area (Å²) in [6.07, 6.45) is 7.26. The van der Waals surface area contributed by atoms with Gasteiger partial charge in [-0.2, -0.15) is 0 Å². The van der Waals surface area contributed by atoms with Crippen LogP contribution in [-0.4, -0.2) is 6.21 Å². The fourth-order valence-corrected chi connectivity index (χ4v) is 1.91. The van der Waals surface area contributed by atoms with Crippen molar-refractivity contribution < 1.29 is 0 Å². The zero-order valence-corrected chi connectivity index (χ0v) is 5.77. The Morgan fingerprint density at radius 1 is 1.67 bits per heavy atom. The Bertz CT molecular complexity index is 203. The van der Waals surface area contributed by atoms with Gasteiger partial charge < -0.3 is 0 Å². The minimum Gasteiger partial charge on any atom is -0.268 e. The van der Waals surface area contributed by atoms with E-state index in [9.17, 15) is 0 Å². The highest BCUT2D eigenvalue weighted by molar-refractivity contribution is 8.06. The van der Waals surface area contributed by atoms with Gasteiger partial charge in [-0.25, -0.2) is 0 Å². The maximum Gasteiger partial charge on any atom is 0.0368 e. The quantitative estimate of drug-likeness (QED) is 0.498. The molecule has 9 heavy (non-hydrogen) atoms. The number of hydrogen-bond donors (Lipinski definition) is 0. The third kappa shape index (κ3) is 0.833. The Labute approximate surface area is 58.6 Å². The molecule has 0 fully saturated rings. The molecule has 0 bridgehead atoms. The summed E-state index contributed by atoms with van der Waals surface area (Å²) in [6.45, 7) is 0. The Kier molecular flexibility index (Phi) is 1.19. The van der Waals surface area contributed by atoms with Crippen LogP contribution in [0.1, 0.15) is 6.42 Å². The highest BCUT2D eigenvalue weighted by atomic mass is 32.2. The van der Waals surface area contributed by atoms with Gasteiger partial charge in [0.1, 0.15) is 0 Å². The number of aliphatic imine (C=N–C) groups is 1. The van der Waals surface area contributed by atoms with E-state index < -0.39 is 0 Å². The third-order valence-electron chi connectivity index (χ3n) is 1.55. The van der Waals surface area contributed by atoms with Crippen molar-refractivity contribution >= 4 is 18.0 Å². The second-order valence-corrected chi connectivity index (χ2v) is 3.13. The van der Waals surface area contributed by atoms with E-state index in [4.69, 9.17) is 0 Å². The van der Waals surface area contributed by atoms with Gasteiger partial charge in [-0.3, -0.25) is 4.99 Å². The summed E-state index contributed by atoms with van der Waals surface area (Å²) in [6, 6.07) is 0. The van der Waals surface area contributed by atoms with E-state index in [0.29, 0.717) is 5.92 Å². The number of nitrogens with zero attached hydrogens (tertiary/aromatic N) is 1. The maximum atomic E-state index is 4.07. The molecule has 0 spiro atoms. The standard InChI is InChI=1S/C7H7NS/c1-3-8-5-7-6(1)2-4-9-7/h2-6H,1H2. The van der Waals surface area contributed by atoms with Gasteiger partial charge in [-0.1, -0.05) is 6.08 Å². The van der Waals surface area contributed by atoms with Crippen molar-refractivity contribution in [2.24, 2.45) is 10.9 Å². The average Bonchev–Trinajstić information content (AvgIpc) is 2.33. The van der Waals surface area contributed by atoms with Crippen LogP contribution in [0, 0.1) is 5.92 Å². The Balaban J connectivity index is 2.29. The predicted octanol–water partition coefficient (Wildman–Crippen LogP) is 2.18. The average molecular weight is 137 g/mol. The van der Waals surface area contributed by atoms with Crippen LogP contribution in [0.4, 0.5) is 0 Å². The first-order valence-corrected chi connectivity index (χ1v) is 3.90. The lowest BCUT2D eigenvalue weighted by atomic mass is 10.1. The largest absolute Gasteiger partial charge is 0.268 e. The van der Waals surface area contributed by atoms with Gasteiger partial charge in [0.15, 0.2) is 0 Å². The molecule has 1 atom stereocenters. The van der Waals surface area contributed by atoms with E-state index in [1.54, 1.807) is 11.8 Å². The summed E-state index contributed by atoms with van der Waals surface area (Å²) in [5.41, 5.74) is 0. The zero-order valence-electron chi connectivity index (χ0n) is 4.95. The van der Waals surface area contributed by atoms with Crippen molar-refractivity contribution in [3.05, 3.63) is 22.6 Å². The van der Waals surface area contributed by atoms with Gasteiger partial charge in [0.25, 0.3) is 0 Å². The van der Waals surface area contributed by atoms with Gasteiger partial charge in [-0.15, -0.1) is 11.8 Å². The lowest BCUT2D eigenvalue weighted by molar-refractivity contribution is 0.851. The van der Waals surface area contributed by atoms with E-state index in [-0.39, 0.29) is 0 Å². The Morgan fingerprint density at radius 2 is 2.67 bits per heavy atom. The van der Waals surface area contributed by atoms with Crippen LogP contribution in [-0.2, 0) is 0 Å². The first kappa shape index (κ1) is 5.30. The van der Waals surface area contributed by atoms with Crippen molar-refractivity contribution in [3.63, 3.8) is 0 Å². The molecule has 0 saturated carbocycles. The maximum absolute atomic E-state index is 4.07. The molecule has 0 aliphatic carbocycles. The molecule has 46 valence electrons. The van der Waals surface area contributed by atoms with Crippen LogP contribution in [0.5, 0.6) is 0 Å². The minimum absolute atomic E-state index is 0.660. The van der Waals surface area contributed by atoms with Crippen molar-refractivity contribution in [3.8, 4) is 0 Å². The van der Waals surface area contributed by atoms with Crippen LogP contribution in [0.2, 0.25) is 0 Å². The number of allylic oxidation sites excluding steroid dienone is 2. The van der Waals surface area contributed by atoms with Gasteiger partial charge in [0.2, 0.25) is 0 Å². The van der Waals surface area contributed by atoms with E-state index >= 15 is 0 Å². The number of fused-ring (bicyclic) bond motifs is 1. The molecule has 0 amide bonds. The van der Waals surface area contributed by atoms with E-state index in [1.807, 2.05) is 12.4 Å². The van der Waals surface area contributed by atoms with Crippen molar-refractivity contribution in [1.29, 1.82) is 0 Å². The van der Waals surface area contributed by atoms with Crippen molar-refractivity contribution in [2.75, 3.05) is 0 Å². The van der Waals surface area contributed by atoms with Gasteiger partial charge in [0.05, 0.1) is 0 Å². The minimum atomic E-state index is 0.660. The summed E-state index contributed by atoms with van der Waals surface area (Å²) in [7, 11) is 0. The molecule has 2 rings (SSSR count). The lowest BCUT2D eigenvalue weighted by Gasteiger charge is -2.08. The molecule has 0 aromatic heterocycles. The van der Waals surface area contributed by atoms with Gasteiger partial charge in [0, 0.05) is 23.2 Å². The van der Waals surface area contributed by atoms with Crippen LogP contribution < -0.4 is 0 Å². The Hall–Kier alpha value is -0.500. The smallest absolute Gasteiger partial charge is 0.0368 e. The number of hydrogen-bond acceptors (Lipinski definition) is 2. The molecule has 2 aliphatic rings. The normalized spacial score (nSPS) is 30.2. The molecular weight excluding hydrogens is 130 g/mol. The fraction of sp³-hybridized carbons (Fsp3) is 0.286. The van der Waals surface area contributed by atoms with E-state index in [1.165, 1.54) is 4.91 Å². The molecule has 0 aromatic carbocycles. The molecule has 2 heteroatoms. The fourth-order valence-electron chi connectivity index (χ4n) is 1.02. The lowest BCUT2D eigenvalue weighted by Crippen LogP contribution is -1.98. The summed E-state index contributed by atoms with van der Waals surface area (Å²) in [4.78, 5) is 5.47.